The highest BCUT2D eigenvalue weighted by atomic mass is 35.5. The van der Waals surface area contributed by atoms with Crippen LogP contribution in [-0.2, 0) is 0 Å². The van der Waals surface area contributed by atoms with E-state index in [1.807, 2.05) is 12.1 Å². The summed E-state index contributed by atoms with van der Waals surface area (Å²) in [5, 5.41) is 6.08. The van der Waals surface area contributed by atoms with Crippen molar-refractivity contribution >= 4 is 28.6 Å². The van der Waals surface area contributed by atoms with E-state index in [1.54, 1.807) is 17.5 Å². The molecule has 17 heavy (non-hydrogen) atoms. The Balaban J connectivity index is 2.23. The Morgan fingerprint density at radius 3 is 2.71 bits per heavy atom. The maximum absolute atomic E-state index is 6.06. The Hall–Kier alpha value is -1.06. The molecule has 0 fully saturated rings. The molecule has 0 aromatic carbocycles. The number of pyridine rings is 1. The maximum Gasteiger partial charge on any atom is 0.152 e. The summed E-state index contributed by atoms with van der Waals surface area (Å²) >= 11 is 7.82. The van der Waals surface area contributed by atoms with Crippen LogP contribution >= 0.6 is 22.9 Å². The van der Waals surface area contributed by atoms with Gasteiger partial charge in [-0.25, -0.2) is 4.98 Å². The van der Waals surface area contributed by atoms with Crippen LogP contribution in [0.25, 0.3) is 0 Å². The molecule has 2 aromatic rings. The molecule has 0 saturated heterocycles. The second kappa shape index (κ2) is 5.52. The number of thiophene rings is 1. The lowest BCUT2D eigenvalue weighted by atomic mass is 10.0. The van der Waals surface area contributed by atoms with E-state index in [1.165, 1.54) is 4.88 Å². The van der Waals surface area contributed by atoms with Gasteiger partial charge in [-0.3, -0.25) is 0 Å². The first-order chi connectivity index (χ1) is 8.18. The van der Waals surface area contributed by atoms with Crippen molar-refractivity contribution in [2.75, 3.05) is 5.32 Å². The van der Waals surface area contributed by atoms with E-state index in [0.29, 0.717) is 11.1 Å². The van der Waals surface area contributed by atoms with Crippen LogP contribution in [0.1, 0.15) is 24.8 Å². The Morgan fingerprint density at radius 1 is 1.29 bits per heavy atom. The topological polar surface area (TPSA) is 24.9 Å². The number of halogens is 1. The van der Waals surface area contributed by atoms with Crippen molar-refractivity contribution in [3.05, 3.63) is 45.9 Å². The predicted molar refractivity (Wildman–Crippen MR) is 74.8 cm³/mol. The van der Waals surface area contributed by atoms with Gasteiger partial charge in [0.2, 0.25) is 0 Å². The summed E-state index contributed by atoms with van der Waals surface area (Å²) in [6.07, 6.45) is 1.70. The molecule has 0 bridgehead atoms. The van der Waals surface area contributed by atoms with E-state index in [2.05, 4.69) is 41.7 Å². The Bertz CT molecular complexity index is 468. The summed E-state index contributed by atoms with van der Waals surface area (Å²) in [4.78, 5) is 5.40. The highest BCUT2D eigenvalue weighted by Crippen LogP contribution is 2.31. The molecule has 2 nitrogen and oxygen atoms in total. The van der Waals surface area contributed by atoms with Crippen LogP contribution in [0.5, 0.6) is 0 Å². The van der Waals surface area contributed by atoms with E-state index in [9.17, 15) is 0 Å². The second-order valence-electron chi connectivity index (χ2n) is 4.22. The van der Waals surface area contributed by atoms with Gasteiger partial charge in [-0.05, 0) is 29.5 Å². The molecule has 0 saturated carbocycles. The summed E-state index contributed by atoms with van der Waals surface area (Å²) < 4.78 is 0. The zero-order chi connectivity index (χ0) is 12.3. The van der Waals surface area contributed by atoms with Gasteiger partial charge >= 0.3 is 0 Å². The summed E-state index contributed by atoms with van der Waals surface area (Å²) in [6, 6.07) is 8.34. The molecule has 0 aliphatic rings. The van der Waals surface area contributed by atoms with Crippen molar-refractivity contribution in [2.24, 2.45) is 5.92 Å². The summed E-state index contributed by atoms with van der Waals surface area (Å²) in [5.74, 6) is 0.491. The zero-order valence-corrected chi connectivity index (χ0v) is 11.4. The number of nitrogens with zero attached hydrogens (tertiary/aromatic N) is 1. The first kappa shape index (κ1) is 12.4. The molecule has 0 radical (unpaired) electrons. The number of nitrogens with one attached hydrogen (secondary N) is 1. The van der Waals surface area contributed by atoms with Crippen LogP contribution in [-0.4, -0.2) is 4.98 Å². The van der Waals surface area contributed by atoms with Crippen LogP contribution in [0.4, 0.5) is 5.69 Å². The fourth-order valence-electron chi connectivity index (χ4n) is 1.70. The molecule has 0 aliphatic heterocycles. The monoisotopic (exact) mass is 266 g/mol. The molecule has 2 aromatic heterocycles. The Labute approximate surface area is 111 Å². The molecule has 90 valence electrons. The average Bonchev–Trinajstić information content (AvgIpc) is 2.81. The standard InChI is InChI=1S/C13H15ClN2S/c1-9(2)12(11-6-4-8-17-11)16-10-5-3-7-15-13(10)14/h3-9,12,16H,1-2H3. The molecule has 1 N–H and O–H groups in total. The summed E-state index contributed by atoms with van der Waals surface area (Å²) in [6.45, 7) is 4.39. The van der Waals surface area contributed by atoms with Crippen LogP contribution < -0.4 is 5.32 Å². The quantitative estimate of drug-likeness (QED) is 0.818. The zero-order valence-electron chi connectivity index (χ0n) is 9.85. The van der Waals surface area contributed by atoms with Gasteiger partial charge in [0.1, 0.15) is 0 Å². The van der Waals surface area contributed by atoms with E-state index in [0.717, 1.165) is 5.69 Å². The lowest BCUT2D eigenvalue weighted by molar-refractivity contribution is 0.553. The fraction of sp³-hybridized carbons (Fsp3) is 0.308. The van der Waals surface area contributed by atoms with Crippen molar-refractivity contribution in [3.63, 3.8) is 0 Å². The normalized spacial score (nSPS) is 12.7. The third-order valence-electron chi connectivity index (χ3n) is 2.59. The van der Waals surface area contributed by atoms with E-state index in [4.69, 9.17) is 11.6 Å². The number of hydrogen-bond acceptors (Lipinski definition) is 3. The van der Waals surface area contributed by atoms with Crippen LogP contribution in [0.2, 0.25) is 5.15 Å². The molecule has 0 aliphatic carbocycles. The lowest BCUT2D eigenvalue weighted by Crippen LogP contribution is -2.15. The van der Waals surface area contributed by atoms with E-state index < -0.39 is 0 Å². The Morgan fingerprint density at radius 2 is 2.12 bits per heavy atom. The number of anilines is 1. The number of aromatic nitrogens is 1. The van der Waals surface area contributed by atoms with Crippen LogP contribution in [0, 0.1) is 5.92 Å². The van der Waals surface area contributed by atoms with Gasteiger partial charge < -0.3 is 5.32 Å². The fourth-order valence-corrected chi connectivity index (χ4v) is 2.82. The number of hydrogen-bond donors (Lipinski definition) is 1. The molecular weight excluding hydrogens is 252 g/mol. The molecular formula is C13H15ClN2S. The maximum atomic E-state index is 6.06. The molecule has 0 spiro atoms. The van der Waals surface area contributed by atoms with Gasteiger partial charge in [0.05, 0.1) is 11.7 Å². The van der Waals surface area contributed by atoms with Gasteiger partial charge in [-0.1, -0.05) is 31.5 Å². The minimum atomic E-state index is 0.275. The minimum absolute atomic E-state index is 0.275. The second-order valence-corrected chi connectivity index (χ2v) is 5.56. The molecule has 0 amide bonds. The lowest BCUT2D eigenvalue weighted by Gasteiger charge is -2.22. The third-order valence-corrected chi connectivity index (χ3v) is 3.84. The van der Waals surface area contributed by atoms with Crippen molar-refractivity contribution in [1.29, 1.82) is 0 Å². The number of rotatable bonds is 4. The van der Waals surface area contributed by atoms with Gasteiger partial charge in [0.15, 0.2) is 5.15 Å². The average molecular weight is 267 g/mol. The van der Waals surface area contributed by atoms with Crippen molar-refractivity contribution in [3.8, 4) is 0 Å². The first-order valence-corrected chi connectivity index (χ1v) is 6.84. The molecule has 4 heteroatoms. The Kier molecular flexibility index (Phi) is 4.02. The highest BCUT2D eigenvalue weighted by molar-refractivity contribution is 7.10. The molecule has 1 unspecified atom stereocenters. The van der Waals surface area contributed by atoms with Gasteiger partial charge in [0.25, 0.3) is 0 Å². The van der Waals surface area contributed by atoms with E-state index in [-0.39, 0.29) is 6.04 Å². The van der Waals surface area contributed by atoms with E-state index >= 15 is 0 Å². The predicted octanol–water partition coefficient (Wildman–Crippen LogP) is 4.61. The van der Waals surface area contributed by atoms with Crippen molar-refractivity contribution in [1.82, 2.24) is 4.98 Å². The molecule has 1 atom stereocenters. The summed E-state index contributed by atoms with van der Waals surface area (Å²) in [7, 11) is 0. The first-order valence-electron chi connectivity index (χ1n) is 5.59. The van der Waals surface area contributed by atoms with Crippen LogP contribution in [0.3, 0.4) is 0 Å². The third kappa shape index (κ3) is 2.99. The van der Waals surface area contributed by atoms with Crippen molar-refractivity contribution in [2.45, 2.75) is 19.9 Å². The SMILES string of the molecule is CC(C)C(Nc1cccnc1Cl)c1cccs1. The smallest absolute Gasteiger partial charge is 0.152 e. The summed E-state index contributed by atoms with van der Waals surface area (Å²) in [5.41, 5.74) is 0.890. The van der Waals surface area contributed by atoms with Gasteiger partial charge in [-0.2, -0.15) is 0 Å². The minimum Gasteiger partial charge on any atom is -0.375 e. The van der Waals surface area contributed by atoms with Gasteiger partial charge in [0, 0.05) is 11.1 Å². The molecule has 2 heterocycles. The largest absolute Gasteiger partial charge is 0.375 e. The van der Waals surface area contributed by atoms with Crippen LogP contribution in [0.15, 0.2) is 35.8 Å². The molecule has 2 rings (SSSR count). The highest BCUT2D eigenvalue weighted by Gasteiger charge is 2.17. The van der Waals surface area contributed by atoms with Gasteiger partial charge in [-0.15, -0.1) is 11.3 Å². The van der Waals surface area contributed by atoms with Crippen molar-refractivity contribution < 1.29 is 0 Å².